The van der Waals surface area contributed by atoms with Crippen LogP contribution in [0.15, 0.2) is 11.6 Å². The molecule has 0 bridgehead atoms. The number of fused-ring (bicyclic) bond motifs is 1. The highest BCUT2D eigenvalue weighted by Gasteiger charge is 2.27. The third-order valence-corrected chi connectivity index (χ3v) is 5.15. The lowest BCUT2D eigenvalue weighted by Gasteiger charge is -2.26. The van der Waals surface area contributed by atoms with Gasteiger partial charge in [0.15, 0.2) is 10.1 Å². The van der Waals surface area contributed by atoms with Crippen molar-refractivity contribution in [2.75, 3.05) is 6.54 Å². The summed E-state index contributed by atoms with van der Waals surface area (Å²) in [6.07, 6.45) is 8.51. The summed E-state index contributed by atoms with van der Waals surface area (Å²) in [5, 5.41) is 16.5. The molecule has 2 aromatic heterocycles. The fourth-order valence-corrected chi connectivity index (χ4v) is 3.96. The van der Waals surface area contributed by atoms with Crippen molar-refractivity contribution >= 4 is 27.9 Å². The van der Waals surface area contributed by atoms with E-state index in [1.54, 1.807) is 11.3 Å². The zero-order valence-corrected chi connectivity index (χ0v) is 13.0. The van der Waals surface area contributed by atoms with E-state index in [1.165, 1.54) is 12.8 Å². The summed E-state index contributed by atoms with van der Waals surface area (Å²) in [6, 6.07) is 0. The number of aliphatic hydroxyl groups is 1. The number of rotatable bonds is 4. The van der Waals surface area contributed by atoms with Gasteiger partial charge in [-0.2, -0.15) is 0 Å². The summed E-state index contributed by atoms with van der Waals surface area (Å²) in [6.45, 7) is 1.26. The molecule has 2 N–H and O–H groups in total. The molecule has 1 aliphatic carbocycles. The molecule has 6 heteroatoms. The van der Waals surface area contributed by atoms with Crippen LogP contribution in [0.4, 0.5) is 0 Å². The van der Waals surface area contributed by atoms with Crippen LogP contribution in [0.1, 0.15) is 44.2 Å². The first-order valence-electron chi connectivity index (χ1n) is 7.21. The van der Waals surface area contributed by atoms with E-state index < -0.39 is 5.60 Å². The Morgan fingerprint density at radius 2 is 2.10 bits per heavy atom. The van der Waals surface area contributed by atoms with Crippen molar-refractivity contribution in [2.45, 2.75) is 50.7 Å². The standard InChI is InChI=1S/C14H20ClN3OS/c15-12-11(18-7-8-20-13(18)17-12)9-16-10-14(19)5-3-1-2-4-6-14/h7-8,16,19H,1-6,9-10H2. The molecule has 0 aromatic carbocycles. The van der Waals surface area contributed by atoms with E-state index in [9.17, 15) is 5.11 Å². The Hall–Kier alpha value is -0.620. The molecule has 0 saturated heterocycles. The molecule has 4 nitrogen and oxygen atoms in total. The molecule has 0 atom stereocenters. The van der Waals surface area contributed by atoms with Crippen LogP contribution in [0.2, 0.25) is 5.15 Å². The van der Waals surface area contributed by atoms with Gasteiger partial charge in [0.05, 0.1) is 11.3 Å². The second-order valence-electron chi connectivity index (χ2n) is 5.65. The molecule has 1 fully saturated rings. The number of nitrogens with one attached hydrogen (secondary N) is 1. The minimum absolute atomic E-state index is 0.553. The molecule has 110 valence electrons. The van der Waals surface area contributed by atoms with E-state index in [0.29, 0.717) is 18.2 Å². The normalized spacial score (nSPS) is 19.3. The molecule has 2 heterocycles. The quantitative estimate of drug-likeness (QED) is 0.852. The van der Waals surface area contributed by atoms with E-state index in [0.717, 1.165) is 36.3 Å². The maximum atomic E-state index is 10.6. The number of thiazole rings is 1. The number of hydrogen-bond acceptors (Lipinski definition) is 4. The predicted molar refractivity (Wildman–Crippen MR) is 82.4 cm³/mol. The zero-order valence-electron chi connectivity index (χ0n) is 11.4. The van der Waals surface area contributed by atoms with Crippen LogP contribution in [0.5, 0.6) is 0 Å². The molecular formula is C14H20ClN3OS. The SMILES string of the molecule is OC1(CNCc2c(Cl)nc3sccn23)CCCCCC1. The number of nitrogens with zero attached hydrogens (tertiary/aromatic N) is 2. The number of aromatic nitrogens is 2. The van der Waals surface area contributed by atoms with Gasteiger partial charge in [-0.05, 0) is 12.8 Å². The second kappa shape index (κ2) is 6.02. The van der Waals surface area contributed by atoms with Crippen LogP contribution in [-0.4, -0.2) is 26.6 Å². The largest absolute Gasteiger partial charge is 0.389 e. The molecule has 0 radical (unpaired) electrons. The first-order chi connectivity index (χ1) is 9.68. The summed E-state index contributed by atoms with van der Waals surface area (Å²) in [4.78, 5) is 5.23. The van der Waals surface area contributed by atoms with Gasteiger partial charge in [0.1, 0.15) is 0 Å². The molecule has 20 heavy (non-hydrogen) atoms. The maximum Gasteiger partial charge on any atom is 0.195 e. The Labute approximate surface area is 127 Å². The van der Waals surface area contributed by atoms with Crippen molar-refractivity contribution in [3.05, 3.63) is 22.4 Å². The van der Waals surface area contributed by atoms with Crippen LogP contribution in [-0.2, 0) is 6.54 Å². The first-order valence-corrected chi connectivity index (χ1v) is 8.47. The van der Waals surface area contributed by atoms with Crippen LogP contribution < -0.4 is 5.32 Å². The first kappa shape index (κ1) is 14.3. The zero-order chi connectivity index (χ0) is 14.0. The fourth-order valence-electron chi connectivity index (χ4n) is 2.94. The van der Waals surface area contributed by atoms with Crippen LogP contribution in [0.25, 0.3) is 4.96 Å². The highest BCUT2D eigenvalue weighted by Crippen LogP contribution is 2.27. The molecule has 0 unspecified atom stereocenters. The van der Waals surface area contributed by atoms with E-state index in [2.05, 4.69) is 10.3 Å². The van der Waals surface area contributed by atoms with Crippen LogP contribution in [0, 0.1) is 0 Å². The Kier molecular flexibility index (Phi) is 4.31. The highest BCUT2D eigenvalue weighted by atomic mass is 35.5. The van der Waals surface area contributed by atoms with Crippen molar-refractivity contribution in [1.29, 1.82) is 0 Å². The molecule has 1 saturated carbocycles. The van der Waals surface area contributed by atoms with Crippen LogP contribution >= 0.6 is 22.9 Å². The van der Waals surface area contributed by atoms with E-state index in [4.69, 9.17) is 11.6 Å². The maximum absolute atomic E-state index is 10.6. The topological polar surface area (TPSA) is 49.6 Å². The predicted octanol–water partition coefficient (Wildman–Crippen LogP) is 3.22. The minimum Gasteiger partial charge on any atom is -0.389 e. The third kappa shape index (κ3) is 3.01. The molecule has 1 aliphatic rings. The summed E-state index contributed by atoms with van der Waals surface area (Å²) >= 11 is 7.74. The minimum atomic E-state index is -0.554. The van der Waals surface area contributed by atoms with Gasteiger partial charge < -0.3 is 10.4 Å². The van der Waals surface area contributed by atoms with Crippen molar-refractivity contribution in [1.82, 2.24) is 14.7 Å². The Morgan fingerprint density at radius 1 is 1.35 bits per heavy atom. The third-order valence-electron chi connectivity index (χ3n) is 4.09. The van der Waals surface area contributed by atoms with Gasteiger partial charge in [-0.15, -0.1) is 11.3 Å². The van der Waals surface area contributed by atoms with Gasteiger partial charge in [-0.3, -0.25) is 4.40 Å². The van der Waals surface area contributed by atoms with E-state index >= 15 is 0 Å². The average molecular weight is 314 g/mol. The van der Waals surface area contributed by atoms with Gasteiger partial charge in [0.25, 0.3) is 0 Å². The Bertz CT molecular complexity index is 572. The molecule has 0 spiro atoms. The van der Waals surface area contributed by atoms with Crippen molar-refractivity contribution in [3.63, 3.8) is 0 Å². The lowest BCUT2D eigenvalue weighted by molar-refractivity contribution is 0.0249. The van der Waals surface area contributed by atoms with Crippen molar-refractivity contribution in [3.8, 4) is 0 Å². The lowest BCUT2D eigenvalue weighted by atomic mass is 9.94. The molecule has 2 aromatic rings. The molecule has 0 aliphatic heterocycles. The number of halogens is 1. The summed E-state index contributed by atoms with van der Waals surface area (Å²) in [7, 11) is 0. The fraction of sp³-hybridized carbons (Fsp3) is 0.643. The lowest BCUT2D eigenvalue weighted by Crippen LogP contribution is -2.40. The Balaban J connectivity index is 1.61. The van der Waals surface area contributed by atoms with Gasteiger partial charge in [0.2, 0.25) is 0 Å². The van der Waals surface area contributed by atoms with Gasteiger partial charge in [0, 0.05) is 24.7 Å². The van der Waals surface area contributed by atoms with E-state index in [1.807, 2.05) is 16.0 Å². The smallest absolute Gasteiger partial charge is 0.195 e. The second-order valence-corrected chi connectivity index (χ2v) is 6.88. The van der Waals surface area contributed by atoms with E-state index in [-0.39, 0.29) is 0 Å². The van der Waals surface area contributed by atoms with Gasteiger partial charge in [-0.25, -0.2) is 4.98 Å². The monoisotopic (exact) mass is 313 g/mol. The number of hydrogen-bond donors (Lipinski definition) is 2. The molecule has 3 rings (SSSR count). The highest BCUT2D eigenvalue weighted by molar-refractivity contribution is 7.15. The molecular weight excluding hydrogens is 294 g/mol. The molecule has 0 amide bonds. The Morgan fingerprint density at radius 3 is 2.85 bits per heavy atom. The van der Waals surface area contributed by atoms with Crippen LogP contribution in [0.3, 0.4) is 0 Å². The van der Waals surface area contributed by atoms with Gasteiger partial charge >= 0.3 is 0 Å². The summed E-state index contributed by atoms with van der Waals surface area (Å²) in [5.41, 5.74) is 0.418. The summed E-state index contributed by atoms with van der Waals surface area (Å²) in [5.74, 6) is 0. The average Bonchev–Trinajstić information content (AvgIpc) is 2.88. The summed E-state index contributed by atoms with van der Waals surface area (Å²) < 4.78 is 2.01. The van der Waals surface area contributed by atoms with Crippen molar-refractivity contribution < 1.29 is 5.11 Å². The van der Waals surface area contributed by atoms with Gasteiger partial charge in [-0.1, -0.05) is 37.3 Å². The number of imidazole rings is 1. The van der Waals surface area contributed by atoms with Crippen molar-refractivity contribution in [2.24, 2.45) is 0 Å².